The van der Waals surface area contributed by atoms with Crippen LogP contribution >= 0.6 is 84.4 Å². The number of rotatable bonds is 12. The Morgan fingerprint density at radius 1 is 0.771 bits per heavy atom. The second-order valence-corrected chi connectivity index (χ2v) is 19.3. The number of nitrogens with one attached hydrogen (secondary N) is 4. The third-order valence-electron chi connectivity index (χ3n) is 10.4. The number of carbonyl (C=O) groups excluding carboxylic acids is 3. The van der Waals surface area contributed by atoms with E-state index in [4.69, 9.17) is 35.0 Å². The summed E-state index contributed by atoms with van der Waals surface area (Å²) < 4.78 is 23.7. The zero-order valence-corrected chi connectivity index (χ0v) is 46.4. The maximum Gasteiger partial charge on any atom is 0.521 e. The van der Waals surface area contributed by atoms with E-state index in [0.29, 0.717) is 66.8 Å². The smallest absolute Gasteiger partial charge is 0.521 e. The van der Waals surface area contributed by atoms with Crippen molar-refractivity contribution >= 4 is 131 Å². The molecule has 3 fully saturated rings. The number of nitrogens with zero attached hydrogens (tertiary/aromatic N) is 7. The van der Waals surface area contributed by atoms with Crippen molar-refractivity contribution in [2.45, 2.75) is 127 Å². The van der Waals surface area contributed by atoms with E-state index in [2.05, 4.69) is 120 Å². The highest BCUT2D eigenvalue weighted by Crippen LogP contribution is 2.33. The Morgan fingerprint density at radius 3 is 1.73 bits per heavy atom. The average Bonchev–Trinajstić information content (AvgIpc) is 3.31. The van der Waals surface area contributed by atoms with Crippen LogP contribution in [-0.2, 0) is 33.1 Å². The van der Waals surface area contributed by atoms with Crippen molar-refractivity contribution in [3.8, 4) is 0 Å². The number of anilines is 5. The molecular weight excluding hydrogens is 1230 g/mol. The Hall–Kier alpha value is -3.12. The van der Waals surface area contributed by atoms with Crippen LogP contribution in [0, 0.1) is 0 Å². The van der Waals surface area contributed by atoms with E-state index >= 15 is 0 Å². The van der Waals surface area contributed by atoms with Gasteiger partial charge >= 0.3 is 20.2 Å². The van der Waals surface area contributed by atoms with E-state index in [-0.39, 0.29) is 81.7 Å². The van der Waals surface area contributed by atoms with Crippen LogP contribution in [0.25, 0.3) is 0 Å². The summed E-state index contributed by atoms with van der Waals surface area (Å²) in [5.74, 6) is 2.21. The number of halogens is 5. The van der Waals surface area contributed by atoms with Crippen molar-refractivity contribution in [1.29, 1.82) is 0 Å². The highest BCUT2D eigenvalue weighted by molar-refractivity contribution is 9.11. The average molecular weight is 1290 g/mol. The SMILES string of the molecule is CCOC(=O)CNc1ncc(Br)nc1Br.CCOC(=O)CNc1ncc(Br)nc1NC1CCC(O)CC1.Cl.NC1CCC(O)CC1.O=C1CNc2ncc(Br)nc2N1C1CCC(O)CC1.O=[P+]([O-])OO.[HH]. The molecule has 3 aromatic rings. The quantitative estimate of drug-likeness (QED) is 0.0460. The number of hydrogen-bond donors (Lipinski definition) is 9. The molecule has 7 rings (SSSR count). The summed E-state index contributed by atoms with van der Waals surface area (Å²) in [5.41, 5.74) is 5.59. The van der Waals surface area contributed by atoms with Gasteiger partial charge in [-0.25, -0.2) is 35.2 Å². The number of carbonyl (C=O) groups is 3. The van der Waals surface area contributed by atoms with E-state index in [1.54, 1.807) is 31.1 Å². The van der Waals surface area contributed by atoms with Gasteiger partial charge in [-0.1, -0.05) is 0 Å². The number of fused-ring (bicyclic) bond motifs is 1. The Morgan fingerprint density at radius 2 is 1.23 bits per heavy atom. The first-order valence-corrected chi connectivity index (χ1v) is 26.3. The van der Waals surface area contributed by atoms with Gasteiger partial charge in [0.15, 0.2) is 29.1 Å². The van der Waals surface area contributed by atoms with Gasteiger partial charge in [0.1, 0.15) is 31.5 Å². The van der Waals surface area contributed by atoms with Gasteiger partial charge in [-0.05, 0) is 159 Å². The predicted molar refractivity (Wildman–Crippen MR) is 276 cm³/mol. The summed E-state index contributed by atoms with van der Waals surface area (Å²) in [6.45, 7) is 4.61. The lowest BCUT2D eigenvalue weighted by Gasteiger charge is -2.37. The third kappa shape index (κ3) is 24.1. The van der Waals surface area contributed by atoms with E-state index in [1.807, 2.05) is 0 Å². The maximum absolute atomic E-state index is 12.2. The van der Waals surface area contributed by atoms with Crippen LogP contribution in [0.4, 0.5) is 29.1 Å². The number of aliphatic hydroxyl groups excluding tert-OH is 3. The van der Waals surface area contributed by atoms with Crippen LogP contribution in [0.15, 0.2) is 37.0 Å². The third-order valence-corrected chi connectivity index (χ3v) is 12.2. The van der Waals surface area contributed by atoms with Crippen molar-refractivity contribution in [3.63, 3.8) is 0 Å². The highest BCUT2D eigenvalue weighted by Gasteiger charge is 2.34. The Labute approximate surface area is 447 Å². The predicted octanol–water partition coefficient (Wildman–Crippen LogP) is 5.62. The van der Waals surface area contributed by atoms with Crippen molar-refractivity contribution in [1.82, 2.24) is 29.9 Å². The maximum atomic E-state index is 12.2. The molecule has 0 saturated heterocycles. The fourth-order valence-electron chi connectivity index (χ4n) is 7.02. The largest absolute Gasteiger partial charge is 0.565 e. The van der Waals surface area contributed by atoms with Crippen molar-refractivity contribution in [3.05, 3.63) is 37.0 Å². The van der Waals surface area contributed by atoms with Crippen LogP contribution in [0.1, 0.15) is 92.3 Å². The molecule has 10 N–H and O–H groups in total. The zero-order chi connectivity index (χ0) is 50.9. The first kappa shape index (κ1) is 63.0. The van der Waals surface area contributed by atoms with Gasteiger partial charge in [-0.15, -0.1) is 12.4 Å². The molecule has 0 radical (unpaired) electrons. The zero-order valence-electron chi connectivity index (χ0n) is 38.3. The number of nitrogens with two attached hydrogens (primary N) is 1. The summed E-state index contributed by atoms with van der Waals surface area (Å²) in [6.07, 6.45) is 14.5. The van der Waals surface area contributed by atoms with Crippen molar-refractivity contribution in [2.75, 3.05) is 59.0 Å². The standard InChI is InChI=1S/C14H21BrN4O3.C12H15BrN4O2.C8H9Br2N3O2.C6H13NO.ClH.HO4P.H2/c1-2-22-12(21)8-17-13-14(19-11(15)7-16-13)18-9-3-5-10(20)6-4-9;13-9-5-14-11-12(16-9)17(10(19)6-15-11)7-1-3-8(18)4-2-7;1-2-15-6(14)4-12-8-7(10)13-5(9)3-11-8;7-5-1-3-6(8)4-2-5;;1-4-5(2)3;/h7,9-10,20H,2-6,8H2,1H3,(H,16,17)(H,18,19);5,7-8,18H,1-4,6H2,(H,14,15);3H,2,4H2,1H3,(H,11,12);5-6,8H,1-4,7H2;1H;1H;1H. The molecule has 0 aromatic carbocycles. The molecule has 3 aromatic heterocycles. The van der Waals surface area contributed by atoms with Crippen molar-refractivity contribution in [2.24, 2.45) is 5.73 Å². The molecule has 70 heavy (non-hydrogen) atoms. The summed E-state index contributed by atoms with van der Waals surface area (Å²) in [7, 11) is -3.04. The minimum Gasteiger partial charge on any atom is -0.565 e. The van der Waals surface area contributed by atoms with Gasteiger partial charge in [0.05, 0.1) is 56.7 Å². The monoisotopic (exact) mass is 1280 g/mol. The molecule has 4 heterocycles. The fourth-order valence-corrected chi connectivity index (χ4v) is 8.52. The lowest BCUT2D eigenvalue weighted by atomic mass is 9.91. The van der Waals surface area contributed by atoms with Crippen LogP contribution in [0.2, 0.25) is 0 Å². The normalized spacial score (nSPS) is 21.4. The van der Waals surface area contributed by atoms with E-state index in [0.717, 1.165) is 77.0 Å². The van der Waals surface area contributed by atoms with E-state index < -0.39 is 8.25 Å². The van der Waals surface area contributed by atoms with Crippen LogP contribution in [0.3, 0.4) is 0 Å². The lowest BCUT2D eigenvalue weighted by Crippen LogP contribution is -2.49. The second-order valence-electron chi connectivity index (χ2n) is 15.5. The summed E-state index contributed by atoms with van der Waals surface area (Å²) >= 11 is 13.0. The molecule has 3 saturated carbocycles. The molecule has 4 aliphatic rings. The summed E-state index contributed by atoms with van der Waals surface area (Å²) in [5, 5.41) is 47.2. The van der Waals surface area contributed by atoms with Gasteiger partial charge in [0.2, 0.25) is 5.91 Å². The Balaban J connectivity index is 0.000000472. The molecule has 394 valence electrons. The topological polar surface area (TPSA) is 355 Å². The van der Waals surface area contributed by atoms with Gasteiger partial charge in [-0.3, -0.25) is 19.3 Å². The van der Waals surface area contributed by atoms with Crippen LogP contribution < -0.4 is 36.8 Å². The molecule has 0 spiro atoms. The number of esters is 2. The molecule has 1 atom stereocenters. The fraction of sp³-hybridized carbons (Fsp3) is 0.625. The van der Waals surface area contributed by atoms with Gasteiger partial charge in [0, 0.05) is 24.2 Å². The number of hydrogen-bond acceptors (Lipinski definition) is 23. The van der Waals surface area contributed by atoms with E-state index in [9.17, 15) is 24.6 Å². The van der Waals surface area contributed by atoms with Gasteiger partial charge < -0.3 is 56.7 Å². The number of aliphatic hydroxyl groups is 3. The number of aromatic nitrogens is 6. The molecule has 3 aliphatic carbocycles. The summed E-state index contributed by atoms with van der Waals surface area (Å²) in [4.78, 5) is 70.7. The molecule has 0 bridgehead atoms. The van der Waals surface area contributed by atoms with Crippen LogP contribution in [0.5, 0.6) is 0 Å². The Kier molecular flexibility index (Phi) is 30.9. The lowest BCUT2D eigenvalue weighted by molar-refractivity contribution is -0.244. The Bertz CT molecular complexity index is 2080. The first-order valence-electron chi connectivity index (χ1n) is 22.0. The molecular formula is C40H62Br4ClN12O12P. The van der Waals surface area contributed by atoms with Gasteiger partial charge in [-0.2, -0.15) is 0 Å². The molecule has 24 nitrogen and oxygen atoms in total. The van der Waals surface area contributed by atoms with Crippen LogP contribution in [-0.4, -0.2) is 138 Å². The minimum absolute atomic E-state index is 0. The van der Waals surface area contributed by atoms with E-state index in [1.165, 1.54) is 6.20 Å². The molecule has 30 heteroatoms. The number of ether oxygens (including phenoxy) is 2. The molecule has 1 amide bonds. The highest BCUT2D eigenvalue weighted by atomic mass is 79.9. The van der Waals surface area contributed by atoms with Gasteiger partial charge in [0.25, 0.3) is 0 Å². The first-order chi connectivity index (χ1) is 32.9. The minimum atomic E-state index is -3.04. The van der Waals surface area contributed by atoms with Crippen molar-refractivity contribution < 1.29 is 60.0 Å². The second kappa shape index (κ2) is 34.3. The molecule has 1 unspecified atom stereocenters. The summed E-state index contributed by atoms with van der Waals surface area (Å²) in [6, 6.07) is 0.717. The molecule has 1 aliphatic heterocycles. The number of amides is 1.